The molecular formula is C50H34N2. The number of hydrogen-bond donors (Lipinski definition) is 0. The van der Waals surface area contributed by atoms with Crippen LogP contribution in [-0.2, 0) is 0 Å². The van der Waals surface area contributed by atoms with E-state index >= 15 is 0 Å². The molecule has 1 aromatic heterocycles. The minimum absolute atomic E-state index is 1.10. The van der Waals surface area contributed by atoms with E-state index in [0.29, 0.717) is 0 Å². The molecule has 0 saturated heterocycles. The second-order valence-corrected chi connectivity index (χ2v) is 13.3. The highest BCUT2D eigenvalue weighted by Gasteiger charge is 2.22. The Morgan fingerprint density at radius 2 is 0.923 bits per heavy atom. The van der Waals surface area contributed by atoms with Crippen molar-refractivity contribution in [2.24, 2.45) is 0 Å². The predicted molar refractivity (Wildman–Crippen MR) is 221 cm³/mol. The van der Waals surface area contributed by atoms with Crippen LogP contribution in [0.5, 0.6) is 0 Å². The van der Waals surface area contributed by atoms with Crippen molar-refractivity contribution in [2.45, 2.75) is 0 Å². The van der Waals surface area contributed by atoms with E-state index in [9.17, 15) is 0 Å². The Bertz CT molecular complexity index is 2890. The topological polar surface area (TPSA) is 8.17 Å². The lowest BCUT2D eigenvalue weighted by molar-refractivity contribution is 1.18. The molecule has 0 fully saturated rings. The molecule has 0 bridgehead atoms. The maximum Gasteiger partial charge on any atom is 0.0561 e. The average molecular weight is 663 g/mol. The molecule has 10 aromatic rings. The molecule has 244 valence electrons. The lowest BCUT2D eigenvalue weighted by Gasteiger charge is -2.29. The summed E-state index contributed by atoms with van der Waals surface area (Å²) in [5, 5.41) is 7.36. The second-order valence-electron chi connectivity index (χ2n) is 13.3. The van der Waals surface area contributed by atoms with Crippen molar-refractivity contribution >= 4 is 60.4 Å². The molecule has 0 atom stereocenters. The maximum atomic E-state index is 2.47. The van der Waals surface area contributed by atoms with Crippen LogP contribution in [0.1, 0.15) is 0 Å². The van der Waals surface area contributed by atoms with Crippen molar-refractivity contribution in [3.8, 4) is 27.9 Å². The smallest absolute Gasteiger partial charge is 0.0561 e. The fourth-order valence-electron chi connectivity index (χ4n) is 8.08. The van der Waals surface area contributed by atoms with Crippen LogP contribution in [0, 0.1) is 0 Å². The number of aromatic nitrogens is 1. The zero-order valence-electron chi connectivity index (χ0n) is 28.5. The van der Waals surface area contributed by atoms with Gasteiger partial charge in [-0.15, -0.1) is 0 Å². The van der Waals surface area contributed by atoms with Crippen LogP contribution in [0.15, 0.2) is 206 Å². The standard InChI is InChI=1S/C50H34N2/c1-3-16-36(17-4-1)41-27-13-20-37-21-14-28-45(50(37)41)43-26-10-12-30-48(43)52(46-31-15-19-35-18-7-8-24-40(35)46)39-32-33-44-42-25-9-11-29-47(42)51(49(44)34-39)38-22-5-2-6-23-38/h1-34H. The fraction of sp³-hybridized carbons (Fsp3) is 0. The SMILES string of the molecule is c1ccc(-c2cccc3cccc(-c4ccccc4N(c4ccc5c6ccccc6n(-c6ccccc6)c5c4)c4cccc5ccccc45)c23)cc1. The molecule has 1 heterocycles. The van der Waals surface area contributed by atoms with Gasteiger partial charge < -0.3 is 9.47 Å². The van der Waals surface area contributed by atoms with Gasteiger partial charge in [0.15, 0.2) is 0 Å². The number of nitrogens with zero attached hydrogens (tertiary/aromatic N) is 2. The Kier molecular flexibility index (Phi) is 7.18. The van der Waals surface area contributed by atoms with Gasteiger partial charge in [-0.2, -0.15) is 0 Å². The molecule has 0 aliphatic rings. The molecular weight excluding hydrogens is 629 g/mol. The highest BCUT2D eigenvalue weighted by Crippen LogP contribution is 2.47. The van der Waals surface area contributed by atoms with Gasteiger partial charge >= 0.3 is 0 Å². The Labute approximate surface area is 303 Å². The van der Waals surface area contributed by atoms with Gasteiger partial charge in [-0.25, -0.2) is 0 Å². The van der Waals surface area contributed by atoms with Gasteiger partial charge in [0.1, 0.15) is 0 Å². The summed E-state index contributed by atoms with van der Waals surface area (Å²) in [7, 11) is 0. The van der Waals surface area contributed by atoms with Crippen LogP contribution in [-0.4, -0.2) is 4.57 Å². The van der Waals surface area contributed by atoms with Crippen LogP contribution in [0.3, 0.4) is 0 Å². The van der Waals surface area contributed by atoms with Gasteiger partial charge in [-0.1, -0.05) is 164 Å². The summed E-state index contributed by atoms with van der Waals surface area (Å²) in [6.07, 6.45) is 0. The Morgan fingerprint density at radius 1 is 0.346 bits per heavy atom. The van der Waals surface area contributed by atoms with Gasteiger partial charge in [0.2, 0.25) is 0 Å². The zero-order chi connectivity index (χ0) is 34.4. The first-order valence-electron chi connectivity index (χ1n) is 17.9. The van der Waals surface area contributed by atoms with Crippen molar-refractivity contribution in [3.05, 3.63) is 206 Å². The summed E-state index contributed by atoms with van der Waals surface area (Å²) in [4.78, 5) is 2.47. The monoisotopic (exact) mass is 662 g/mol. The Balaban J connectivity index is 1.28. The number of para-hydroxylation sites is 3. The molecule has 0 saturated carbocycles. The van der Waals surface area contributed by atoms with Crippen molar-refractivity contribution in [3.63, 3.8) is 0 Å². The molecule has 9 aromatic carbocycles. The first-order chi connectivity index (χ1) is 25.8. The molecule has 10 rings (SSSR count). The average Bonchev–Trinajstić information content (AvgIpc) is 3.55. The third-order valence-corrected chi connectivity index (χ3v) is 10.4. The van der Waals surface area contributed by atoms with Gasteiger partial charge in [0, 0.05) is 33.1 Å². The van der Waals surface area contributed by atoms with Crippen molar-refractivity contribution in [1.82, 2.24) is 4.57 Å². The summed E-state index contributed by atoms with van der Waals surface area (Å²) in [5.41, 5.74) is 11.7. The Hall–Kier alpha value is -6.90. The summed E-state index contributed by atoms with van der Waals surface area (Å²) < 4.78 is 2.40. The molecule has 0 aliphatic heterocycles. The number of rotatable bonds is 6. The number of anilines is 3. The fourth-order valence-corrected chi connectivity index (χ4v) is 8.08. The molecule has 0 aliphatic carbocycles. The molecule has 0 spiro atoms. The van der Waals surface area contributed by atoms with E-state index in [2.05, 4.69) is 216 Å². The van der Waals surface area contributed by atoms with E-state index in [1.54, 1.807) is 0 Å². The van der Waals surface area contributed by atoms with E-state index in [4.69, 9.17) is 0 Å². The first-order valence-corrected chi connectivity index (χ1v) is 17.9. The summed E-state index contributed by atoms with van der Waals surface area (Å²) >= 11 is 0. The highest BCUT2D eigenvalue weighted by atomic mass is 15.1. The van der Waals surface area contributed by atoms with Crippen LogP contribution < -0.4 is 4.90 Å². The van der Waals surface area contributed by atoms with Crippen molar-refractivity contribution < 1.29 is 0 Å². The second kappa shape index (κ2) is 12.5. The van der Waals surface area contributed by atoms with Gasteiger partial charge in [-0.3, -0.25) is 0 Å². The summed E-state index contributed by atoms with van der Waals surface area (Å²) in [6.45, 7) is 0. The lowest BCUT2D eigenvalue weighted by Crippen LogP contribution is -2.12. The summed E-state index contributed by atoms with van der Waals surface area (Å²) in [6, 6.07) is 74.8. The van der Waals surface area contributed by atoms with Crippen molar-refractivity contribution in [2.75, 3.05) is 4.90 Å². The summed E-state index contributed by atoms with van der Waals surface area (Å²) in [5.74, 6) is 0. The molecule has 2 heteroatoms. The molecule has 52 heavy (non-hydrogen) atoms. The number of fused-ring (bicyclic) bond motifs is 5. The van der Waals surface area contributed by atoms with Gasteiger partial charge in [-0.05, 0) is 75.3 Å². The minimum Gasteiger partial charge on any atom is -0.309 e. The van der Waals surface area contributed by atoms with E-state index in [0.717, 1.165) is 22.7 Å². The van der Waals surface area contributed by atoms with E-state index in [1.807, 2.05) is 0 Å². The molecule has 0 N–H and O–H groups in total. The first kappa shape index (κ1) is 30.0. The third kappa shape index (κ3) is 4.88. The predicted octanol–water partition coefficient (Wildman–Crippen LogP) is 13.9. The quantitative estimate of drug-likeness (QED) is 0.172. The minimum atomic E-state index is 1.10. The molecule has 0 radical (unpaired) electrons. The Morgan fingerprint density at radius 3 is 1.77 bits per heavy atom. The van der Waals surface area contributed by atoms with E-state index in [1.165, 1.54) is 65.6 Å². The van der Waals surface area contributed by atoms with E-state index < -0.39 is 0 Å². The third-order valence-electron chi connectivity index (χ3n) is 10.4. The van der Waals surface area contributed by atoms with Crippen LogP contribution in [0.25, 0.3) is 71.3 Å². The molecule has 2 nitrogen and oxygen atoms in total. The zero-order valence-corrected chi connectivity index (χ0v) is 28.5. The van der Waals surface area contributed by atoms with Crippen LogP contribution in [0.2, 0.25) is 0 Å². The van der Waals surface area contributed by atoms with Crippen molar-refractivity contribution in [1.29, 1.82) is 0 Å². The maximum absolute atomic E-state index is 2.47. The van der Waals surface area contributed by atoms with Gasteiger partial charge in [0.25, 0.3) is 0 Å². The normalized spacial score (nSPS) is 11.5. The van der Waals surface area contributed by atoms with Gasteiger partial charge in [0.05, 0.1) is 22.4 Å². The lowest BCUT2D eigenvalue weighted by atomic mass is 9.90. The van der Waals surface area contributed by atoms with E-state index in [-0.39, 0.29) is 0 Å². The largest absolute Gasteiger partial charge is 0.309 e. The number of hydrogen-bond acceptors (Lipinski definition) is 1. The van der Waals surface area contributed by atoms with Crippen LogP contribution in [0.4, 0.5) is 17.1 Å². The molecule has 0 unspecified atom stereocenters. The number of benzene rings is 9. The van der Waals surface area contributed by atoms with Crippen LogP contribution >= 0.6 is 0 Å². The highest BCUT2D eigenvalue weighted by molar-refractivity contribution is 6.12. The molecule has 0 amide bonds.